The first-order valence-corrected chi connectivity index (χ1v) is 9.59. The predicted molar refractivity (Wildman–Crippen MR) is 101 cm³/mol. The first-order chi connectivity index (χ1) is 12.8. The summed E-state index contributed by atoms with van der Waals surface area (Å²) in [5.41, 5.74) is 2.44. The smallest absolute Gasteiger partial charge is 0.229 e. The summed E-state index contributed by atoms with van der Waals surface area (Å²) < 4.78 is 6.50. The highest BCUT2D eigenvalue weighted by Crippen LogP contribution is 2.36. The minimum absolute atomic E-state index is 0.0677. The highest BCUT2D eigenvalue weighted by Gasteiger charge is 2.32. The fourth-order valence-electron chi connectivity index (χ4n) is 3.66. The van der Waals surface area contributed by atoms with Gasteiger partial charge in [-0.05, 0) is 37.1 Å². The third kappa shape index (κ3) is 2.57. The molecule has 0 spiro atoms. The van der Waals surface area contributed by atoms with Gasteiger partial charge in [0.05, 0.1) is 22.7 Å². The summed E-state index contributed by atoms with van der Waals surface area (Å²) in [6, 6.07) is 15.9. The minimum atomic E-state index is 0.0677. The van der Waals surface area contributed by atoms with E-state index >= 15 is 0 Å². The zero-order valence-corrected chi connectivity index (χ0v) is 14.9. The number of likely N-dealkylation sites (tertiary alicyclic amines) is 1. The Kier molecular flexibility index (Phi) is 3.71. The summed E-state index contributed by atoms with van der Waals surface area (Å²) >= 11 is 1.69. The van der Waals surface area contributed by atoms with E-state index in [1.165, 1.54) is 4.70 Å². The molecule has 2 aromatic carbocycles. The van der Waals surface area contributed by atoms with Crippen LogP contribution in [0.2, 0.25) is 0 Å². The highest BCUT2D eigenvalue weighted by atomic mass is 32.1. The van der Waals surface area contributed by atoms with E-state index in [9.17, 15) is 4.79 Å². The lowest BCUT2D eigenvalue weighted by Crippen LogP contribution is -2.31. The van der Waals surface area contributed by atoms with Gasteiger partial charge < -0.3 is 9.42 Å². The molecule has 4 aromatic rings. The Balaban J connectivity index is 1.42. The molecule has 3 heterocycles. The van der Waals surface area contributed by atoms with Crippen molar-refractivity contribution in [1.82, 2.24) is 15.0 Å². The second-order valence-corrected chi connectivity index (χ2v) is 7.63. The Morgan fingerprint density at radius 1 is 1.19 bits per heavy atom. The maximum absolute atomic E-state index is 13.0. The Bertz CT molecular complexity index is 1070. The quantitative estimate of drug-likeness (QED) is 0.543. The lowest BCUT2D eigenvalue weighted by atomic mass is 10.1. The van der Waals surface area contributed by atoms with E-state index in [1.807, 2.05) is 47.4 Å². The van der Waals surface area contributed by atoms with Gasteiger partial charge in [0.2, 0.25) is 5.91 Å². The van der Waals surface area contributed by atoms with Crippen LogP contribution in [-0.2, 0) is 11.2 Å². The monoisotopic (exact) mass is 363 g/mol. The van der Waals surface area contributed by atoms with Crippen LogP contribution in [0, 0.1) is 0 Å². The number of fused-ring (bicyclic) bond motifs is 2. The van der Waals surface area contributed by atoms with E-state index in [2.05, 4.69) is 11.2 Å². The lowest BCUT2D eigenvalue weighted by Gasteiger charge is -2.22. The Hall–Kier alpha value is -2.73. The fourth-order valence-corrected chi connectivity index (χ4v) is 4.78. The van der Waals surface area contributed by atoms with Crippen LogP contribution in [0.25, 0.3) is 21.2 Å². The molecule has 2 aromatic heterocycles. The molecule has 1 amide bonds. The van der Waals surface area contributed by atoms with Gasteiger partial charge in [0.25, 0.3) is 0 Å². The summed E-state index contributed by atoms with van der Waals surface area (Å²) in [6.45, 7) is 0.773. The van der Waals surface area contributed by atoms with Gasteiger partial charge in [-0.1, -0.05) is 29.4 Å². The number of hydrogen-bond acceptors (Lipinski definition) is 5. The van der Waals surface area contributed by atoms with Gasteiger partial charge in [0.15, 0.2) is 5.58 Å². The molecule has 1 aliphatic heterocycles. The van der Waals surface area contributed by atoms with Gasteiger partial charge in [-0.15, -0.1) is 11.3 Å². The SMILES string of the molecule is O=C(Cc1noc2ccccc12)N1CCC[C@H]1c1nc2ccccc2s1. The molecule has 130 valence electrons. The summed E-state index contributed by atoms with van der Waals surface area (Å²) in [5.74, 6) is 0.0887. The number of rotatable bonds is 3. The van der Waals surface area contributed by atoms with Crippen molar-refractivity contribution < 1.29 is 9.32 Å². The predicted octanol–water partition coefficient (Wildman–Crippen LogP) is 4.34. The standard InChI is InChI=1S/C20H17N3O2S/c24-19(12-15-13-6-1-3-9-17(13)25-22-15)23-11-5-8-16(23)20-21-14-7-2-4-10-18(14)26-20/h1-4,6-7,9-10,16H,5,8,11-12H2/t16-/m0/s1. The molecule has 1 aliphatic rings. The van der Waals surface area contributed by atoms with E-state index in [0.717, 1.165) is 40.9 Å². The molecule has 1 saturated heterocycles. The number of carbonyl (C=O) groups excluding carboxylic acids is 1. The molecule has 0 radical (unpaired) electrons. The second-order valence-electron chi connectivity index (χ2n) is 6.57. The van der Waals surface area contributed by atoms with Crippen LogP contribution in [0.15, 0.2) is 53.1 Å². The normalized spacial score (nSPS) is 17.4. The number of carbonyl (C=O) groups is 1. The molecule has 5 rings (SSSR count). The van der Waals surface area contributed by atoms with Crippen molar-refractivity contribution in [3.05, 3.63) is 59.2 Å². The molecule has 0 bridgehead atoms. The van der Waals surface area contributed by atoms with Gasteiger partial charge in [-0.25, -0.2) is 4.98 Å². The van der Waals surface area contributed by atoms with Crippen LogP contribution in [-0.4, -0.2) is 27.5 Å². The first kappa shape index (κ1) is 15.5. The molecule has 26 heavy (non-hydrogen) atoms. The van der Waals surface area contributed by atoms with Gasteiger partial charge >= 0.3 is 0 Å². The van der Waals surface area contributed by atoms with Gasteiger partial charge in [0, 0.05) is 11.9 Å². The van der Waals surface area contributed by atoms with Gasteiger partial charge in [0.1, 0.15) is 10.7 Å². The summed E-state index contributed by atoms with van der Waals surface area (Å²) in [6.07, 6.45) is 2.23. The molecular formula is C20H17N3O2S. The Morgan fingerprint density at radius 3 is 2.96 bits per heavy atom. The number of nitrogens with zero attached hydrogens (tertiary/aromatic N) is 3. The second kappa shape index (κ2) is 6.21. The third-order valence-electron chi connectivity index (χ3n) is 4.94. The number of para-hydroxylation sites is 2. The molecule has 1 fully saturated rings. The maximum Gasteiger partial charge on any atom is 0.229 e. The fraction of sp³-hybridized carbons (Fsp3) is 0.250. The average molecular weight is 363 g/mol. The van der Waals surface area contributed by atoms with E-state index in [4.69, 9.17) is 9.51 Å². The van der Waals surface area contributed by atoms with Crippen LogP contribution >= 0.6 is 11.3 Å². The van der Waals surface area contributed by atoms with Crippen molar-refractivity contribution >= 4 is 38.4 Å². The molecule has 0 saturated carbocycles. The number of hydrogen-bond donors (Lipinski definition) is 0. The van der Waals surface area contributed by atoms with E-state index in [0.29, 0.717) is 5.69 Å². The van der Waals surface area contributed by atoms with Crippen LogP contribution in [0.4, 0.5) is 0 Å². The molecule has 5 nitrogen and oxygen atoms in total. The zero-order valence-electron chi connectivity index (χ0n) is 14.1. The van der Waals surface area contributed by atoms with Crippen LogP contribution in [0.5, 0.6) is 0 Å². The lowest BCUT2D eigenvalue weighted by molar-refractivity contribution is -0.131. The van der Waals surface area contributed by atoms with Crippen molar-refractivity contribution in [1.29, 1.82) is 0 Å². The number of thiazole rings is 1. The minimum Gasteiger partial charge on any atom is -0.356 e. The van der Waals surface area contributed by atoms with Crippen molar-refractivity contribution in [2.45, 2.75) is 25.3 Å². The van der Waals surface area contributed by atoms with Crippen LogP contribution in [0.1, 0.15) is 29.6 Å². The maximum atomic E-state index is 13.0. The Morgan fingerprint density at radius 2 is 2.04 bits per heavy atom. The van der Waals surface area contributed by atoms with Gasteiger partial charge in [-0.2, -0.15) is 0 Å². The molecule has 0 aliphatic carbocycles. The molecule has 0 N–H and O–H groups in total. The van der Waals surface area contributed by atoms with E-state index < -0.39 is 0 Å². The van der Waals surface area contributed by atoms with Crippen molar-refractivity contribution in [2.75, 3.05) is 6.54 Å². The summed E-state index contributed by atoms with van der Waals surface area (Å²) in [5, 5.41) is 6.05. The largest absolute Gasteiger partial charge is 0.356 e. The molecule has 6 heteroatoms. The molecule has 1 atom stereocenters. The Labute approximate surface area is 154 Å². The highest BCUT2D eigenvalue weighted by molar-refractivity contribution is 7.18. The number of benzene rings is 2. The summed E-state index contributed by atoms with van der Waals surface area (Å²) in [7, 11) is 0. The van der Waals surface area contributed by atoms with Gasteiger partial charge in [-0.3, -0.25) is 4.79 Å². The van der Waals surface area contributed by atoms with Crippen LogP contribution in [0.3, 0.4) is 0 Å². The molecular weight excluding hydrogens is 346 g/mol. The van der Waals surface area contributed by atoms with Crippen molar-refractivity contribution in [3.63, 3.8) is 0 Å². The average Bonchev–Trinajstić information content (AvgIpc) is 3.39. The van der Waals surface area contributed by atoms with Crippen LogP contribution < -0.4 is 0 Å². The number of aromatic nitrogens is 2. The zero-order chi connectivity index (χ0) is 17.5. The first-order valence-electron chi connectivity index (χ1n) is 8.78. The van der Waals surface area contributed by atoms with Crippen molar-refractivity contribution in [3.8, 4) is 0 Å². The number of amides is 1. The van der Waals surface area contributed by atoms with E-state index in [1.54, 1.807) is 11.3 Å². The van der Waals surface area contributed by atoms with Crippen molar-refractivity contribution in [2.24, 2.45) is 0 Å². The topological polar surface area (TPSA) is 59.2 Å². The van der Waals surface area contributed by atoms with E-state index in [-0.39, 0.29) is 18.4 Å². The third-order valence-corrected chi connectivity index (χ3v) is 6.08. The molecule has 0 unspecified atom stereocenters. The summed E-state index contributed by atoms with van der Waals surface area (Å²) in [4.78, 5) is 19.7.